The van der Waals surface area contributed by atoms with Gasteiger partial charge in [0.05, 0.1) is 22.9 Å². The van der Waals surface area contributed by atoms with Crippen LogP contribution < -0.4 is 5.56 Å². The lowest BCUT2D eigenvalue weighted by Crippen LogP contribution is -2.42. The van der Waals surface area contributed by atoms with Gasteiger partial charge in [0.25, 0.3) is 11.8 Å². The molecule has 6 nitrogen and oxygen atoms in total. The third-order valence-corrected chi connectivity index (χ3v) is 4.95. The Morgan fingerprint density at radius 3 is 2.57 bits per heavy atom. The maximum atomic E-state index is 13.3. The van der Waals surface area contributed by atoms with Crippen molar-refractivity contribution in [3.63, 3.8) is 0 Å². The molecule has 1 aliphatic heterocycles. The van der Waals surface area contributed by atoms with E-state index in [2.05, 4.69) is 9.97 Å². The average Bonchev–Trinajstić information content (AvgIpc) is 2.68. The van der Waals surface area contributed by atoms with Crippen molar-refractivity contribution in [3.05, 3.63) is 58.6 Å². The molecule has 2 aromatic heterocycles. The molecule has 1 aliphatic rings. The van der Waals surface area contributed by atoms with Crippen LogP contribution in [0.15, 0.2) is 47.5 Å². The molecule has 4 rings (SSSR count). The van der Waals surface area contributed by atoms with Crippen molar-refractivity contribution in [3.8, 4) is 11.3 Å². The van der Waals surface area contributed by atoms with Gasteiger partial charge in [0, 0.05) is 56.4 Å². The Morgan fingerprint density at radius 1 is 1.11 bits per heavy atom. The highest BCUT2D eigenvalue weighted by Gasteiger charge is 2.35. The fourth-order valence-electron chi connectivity index (χ4n) is 3.25. The summed E-state index contributed by atoms with van der Waals surface area (Å²) in [6.45, 7) is 0.0707. The van der Waals surface area contributed by atoms with E-state index in [0.717, 1.165) is 5.56 Å². The number of carbonyl (C=O) groups excluding carboxylic acids is 1. The molecule has 28 heavy (non-hydrogen) atoms. The Hall–Kier alpha value is -3.16. The van der Waals surface area contributed by atoms with E-state index in [-0.39, 0.29) is 37.4 Å². The van der Waals surface area contributed by atoms with E-state index in [0.29, 0.717) is 22.3 Å². The number of amides is 1. The topological polar surface area (TPSA) is 68.1 Å². The molecule has 144 valence electrons. The number of likely N-dealkylation sites (tertiary alicyclic amines) is 1. The number of piperidine rings is 1. The Labute approximate surface area is 159 Å². The molecule has 3 heterocycles. The number of pyridine rings is 1. The van der Waals surface area contributed by atoms with E-state index in [1.54, 1.807) is 43.7 Å². The predicted molar refractivity (Wildman–Crippen MR) is 100 cm³/mol. The second kappa shape index (κ2) is 6.78. The molecule has 3 aromatic rings. The number of benzene rings is 1. The molecule has 0 radical (unpaired) electrons. The summed E-state index contributed by atoms with van der Waals surface area (Å²) in [7, 11) is 1.65. The normalized spacial score (nSPS) is 16.3. The van der Waals surface area contributed by atoms with Crippen LogP contribution in [0.2, 0.25) is 0 Å². The van der Waals surface area contributed by atoms with Gasteiger partial charge in [0.1, 0.15) is 0 Å². The molecule has 0 unspecified atom stereocenters. The van der Waals surface area contributed by atoms with Gasteiger partial charge in [-0.25, -0.2) is 13.8 Å². The minimum atomic E-state index is -2.70. The average molecular weight is 384 g/mol. The van der Waals surface area contributed by atoms with E-state index in [1.165, 1.54) is 15.5 Å². The summed E-state index contributed by atoms with van der Waals surface area (Å²) in [4.78, 5) is 34.6. The third kappa shape index (κ3) is 3.49. The van der Waals surface area contributed by atoms with Gasteiger partial charge < -0.3 is 9.47 Å². The van der Waals surface area contributed by atoms with Gasteiger partial charge in [-0.1, -0.05) is 0 Å². The zero-order valence-electron chi connectivity index (χ0n) is 15.2. The Balaban J connectivity index is 1.65. The molecule has 1 saturated heterocycles. The van der Waals surface area contributed by atoms with E-state index >= 15 is 0 Å². The summed E-state index contributed by atoms with van der Waals surface area (Å²) in [5.74, 6) is -2.98. The standard InChI is InChI=1S/C20H18F2N4O2/c1-25-12-14(3-5-18(25)27)17-11-23-15-4-2-13(10-16(15)24-17)19(28)26-8-6-20(21,22)7-9-26/h2-5,10-12H,6-9H2,1H3. The van der Waals surface area contributed by atoms with Crippen LogP contribution in [0, 0.1) is 0 Å². The van der Waals surface area contributed by atoms with Crippen molar-refractivity contribution in [2.75, 3.05) is 13.1 Å². The van der Waals surface area contributed by atoms with Crippen LogP contribution in [0.1, 0.15) is 23.2 Å². The molecule has 0 aliphatic carbocycles. The number of alkyl halides is 2. The number of halogens is 2. The Bertz CT molecular complexity index is 1120. The van der Waals surface area contributed by atoms with Gasteiger partial charge in [-0.05, 0) is 24.3 Å². The van der Waals surface area contributed by atoms with Crippen LogP contribution in [0.4, 0.5) is 8.78 Å². The van der Waals surface area contributed by atoms with Crippen LogP contribution in [0.25, 0.3) is 22.3 Å². The van der Waals surface area contributed by atoms with Crippen molar-refractivity contribution in [1.82, 2.24) is 19.4 Å². The Kier molecular flexibility index (Phi) is 4.41. The number of aryl methyl sites for hydroxylation is 1. The first kappa shape index (κ1) is 18.2. The van der Waals surface area contributed by atoms with Crippen LogP contribution in [0.5, 0.6) is 0 Å². The van der Waals surface area contributed by atoms with Gasteiger partial charge in [-0.15, -0.1) is 0 Å². The fourth-order valence-corrected chi connectivity index (χ4v) is 3.25. The summed E-state index contributed by atoms with van der Waals surface area (Å²) in [6.07, 6.45) is 2.64. The van der Waals surface area contributed by atoms with Crippen molar-refractivity contribution in [2.24, 2.45) is 7.05 Å². The maximum Gasteiger partial charge on any atom is 0.253 e. The molecule has 1 amide bonds. The maximum absolute atomic E-state index is 13.3. The predicted octanol–water partition coefficient (Wildman–Crippen LogP) is 2.87. The first-order valence-electron chi connectivity index (χ1n) is 8.93. The Morgan fingerprint density at radius 2 is 1.86 bits per heavy atom. The van der Waals surface area contributed by atoms with Gasteiger partial charge in [0.2, 0.25) is 5.56 Å². The van der Waals surface area contributed by atoms with Crippen molar-refractivity contribution in [2.45, 2.75) is 18.8 Å². The van der Waals surface area contributed by atoms with Crippen molar-refractivity contribution >= 4 is 16.9 Å². The second-order valence-electron chi connectivity index (χ2n) is 6.97. The molecule has 0 atom stereocenters. The van der Waals surface area contributed by atoms with E-state index < -0.39 is 5.92 Å². The highest BCUT2D eigenvalue weighted by molar-refractivity contribution is 5.97. The quantitative estimate of drug-likeness (QED) is 0.681. The summed E-state index contributed by atoms with van der Waals surface area (Å²) in [5.41, 5.74) is 2.72. The minimum Gasteiger partial charge on any atom is -0.338 e. The summed E-state index contributed by atoms with van der Waals surface area (Å²) < 4.78 is 28.1. The molecule has 0 N–H and O–H groups in total. The number of fused-ring (bicyclic) bond motifs is 1. The summed E-state index contributed by atoms with van der Waals surface area (Å²) in [5, 5.41) is 0. The molecule has 1 fully saturated rings. The number of nitrogens with zero attached hydrogens (tertiary/aromatic N) is 4. The van der Waals surface area contributed by atoms with Crippen LogP contribution in [0.3, 0.4) is 0 Å². The fraction of sp³-hybridized carbons (Fsp3) is 0.300. The van der Waals surface area contributed by atoms with Crippen LogP contribution in [-0.4, -0.2) is 44.4 Å². The molecule has 8 heteroatoms. The number of hydrogen-bond donors (Lipinski definition) is 0. The molecule has 0 spiro atoms. The summed E-state index contributed by atoms with van der Waals surface area (Å²) in [6, 6.07) is 8.08. The smallest absolute Gasteiger partial charge is 0.253 e. The van der Waals surface area contributed by atoms with Crippen molar-refractivity contribution in [1.29, 1.82) is 0 Å². The monoisotopic (exact) mass is 384 g/mol. The third-order valence-electron chi connectivity index (χ3n) is 4.95. The largest absolute Gasteiger partial charge is 0.338 e. The van der Waals surface area contributed by atoms with E-state index in [4.69, 9.17) is 0 Å². The lowest BCUT2D eigenvalue weighted by atomic mass is 10.1. The van der Waals surface area contributed by atoms with Crippen LogP contribution in [-0.2, 0) is 7.05 Å². The zero-order chi connectivity index (χ0) is 19.9. The number of aromatic nitrogens is 3. The first-order chi connectivity index (χ1) is 13.3. The number of rotatable bonds is 2. The highest BCUT2D eigenvalue weighted by atomic mass is 19.3. The second-order valence-corrected chi connectivity index (χ2v) is 6.97. The molecule has 0 bridgehead atoms. The number of carbonyl (C=O) groups is 1. The molecule has 0 saturated carbocycles. The van der Waals surface area contributed by atoms with Gasteiger partial charge in [-0.3, -0.25) is 14.6 Å². The van der Waals surface area contributed by atoms with Gasteiger partial charge in [0.15, 0.2) is 0 Å². The zero-order valence-corrected chi connectivity index (χ0v) is 15.2. The van der Waals surface area contributed by atoms with Crippen LogP contribution >= 0.6 is 0 Å². The first-order valence-corrected chi connectivity index (χ1v) is 8.93. The highest BCUT2D eigenvalue weighted by Crippen LogP contribution is 2.28. The minimum absolute atomic E-state index is 0.0353. The van der Waals surface area contributed by atoms with E-state index in [9.17, 15) is 18.4 Å². The lowest BCUT2D eigenvalue weighted by Gasteiger charge is -2.31. The molecule has 1 aromatic carbocycles. The molecular weight excluding hydrogens is 366 g/mol. The van der Waals surface area contributed by atoms with Crippen molar-refractivity contribution < 1.29 is 13.6 Å². The molecular formula is C20H18F2N4O2. The lowest BCUT2D eigenvalue weighted by molar-refractivity contribution is -0.0494. The SMILES string of the molecule is Cn1cc(-c2cnc3ccc(C(=O)N4CCC(F)(F)CC4)cc3n2)ccc1=O. The number of hydrogen-bond acceptors (Lipinski definition) is 4. The van der Waals surface area contributed by atoms with E-state index in [1.807, 2.05) is 0 Å². The van der Waals surface area contributed by atoms with Gasteiger partial charge in [-0.2, -0.15) is 0 Å². The van der Waals surface area contributed by atoms with Gasteiger partial charge >= 0.3 is 0 Å². The summed E-state index contributed by atoms with van der Waals surface area (Å²) >= 11 is 0.